The number of hydrogen-bond donors (Lipinski definition) is 2. The molecule has 1 fully saturated rings. The van der Waals surface area contributed by atoms with E-state index in [2.05, 4.69) is 36.4 Å². The summed E-state index contributed by atoms with van der Waals surface area (Å²) in [5, 5.41) is 5.62. The van der Waals surface area contributed by atoms with Crippen LogP contribution in [0.2, 0.25) is 0 Å². The van der Waals surface area contributed by atoms with Crippen molar-refractivity contribution in [3.05, 3.63) is 69.5 Å². The predicted molar refractivity (Wildman–Crippen MR) is 135 cm³/mol. The van der Waals surface area contributed by atoms with Gasteiger partial charge in [0.05, 0.1) is 5.69 Å². The first kappa shape index (κ1) is 24.0. The maximum absolute atomic E-state index is 12.7. The average molecular weight is 526 g/mol. The summed E-state index contributed by atoms with van der Waals surface area (Å²) < 4.78 is 6.89. The van der Waals surface area contributed by atoms with Gasteiger partial charge in [0, 0.05) is 61.1 Å². The number of urea groups is 1. The Morgan fingerprint density at radius 2 is 1.76 bits per heavy atom. The van der Waals surface area contributed by atoms with Gasteiger partial charge in [0.25, 0.3) is 5.91 Å². The van der Waals surface area contributed by atoms with Gasteiger partial charge in [-0.3, -0.25) is 9.69 Å². The van der Waals surface area contributed by atoms with E-state index < -0.39 is 0 Å². The Balaban J connectivity index is 1.33. The lowest BCUT2D eigenvalue weighted by Crippen LogP contribution is -2.49. The van der Waals surface area contributed by atoms with Gasteiger partial charge in [0.15, 0.2) is 0 Å². The van der Waals surface area contributed by atoms with Gasteiger partial charge in [-0.15, -0.1) is 0 Å². The molecule has 1 aliphatic rings. The number of benzene rings is 2. The number of aromatic nitrogens is 1. The fourth-order valence-electron chi connectivity index (χ4n) is 3.89. The molecule has 0 spiro atoms. The number of nitrogens with one attached hydrogen (secondary N) is 2. The minimum atomic E-state index is -0.129. The SMILES string of the molecule is CNC(=O)c1ccc(-c2nc(CN3CCN(C(=O)Nc4ccc(Br)cc4C)CC3)c(C)o2)cc1. The van der Waals surface area contributed by atoms with Crippen LogP contribution < -0.4 is 10.6 Å². The molecule has 8 nitrogen and oxygen atoms in total. The first-order valence-electron chi connectivity index (χ1n) is 11.2. The van der Waals surface area contributed by atoms with E-state index in [1.165, 1.54) is 0 Å². The van der Waals surface area contributed by atoms with Gasteiger partial charge >= 0.3 is 6.03 Å². The monoisotopic (exact) mass is 525 g/mol. The molecule has 178 valence electrons. The first-order chi connectivity index (χ1) is 16.3. The van der Waals surface area contributed by atoms with Crippen molar-refractivity contribution in [1.82, 2.24) is 20.1 Å². The quantitative estimate of drug-likeness (QED) is 0.514. The summed E-state index contributed by atoms with van der Waals surface area (Å²) in [6, 6.07) is 12.9. The Morgan fingerprint density at radius 1 is 1.06 bits per heavy atom. The predicted octanol–water partition coefficient (Wildman–Crippen LogP) is 4.43. The number of carbonyl (C=O) groups excluding carboxylic acids is 2. The molecule has 0 bridgehead atoms. The number of rotatable bonds is 5. The highest BCUT2D eigenvalue weighted by molar-refractivity contribution is 9.10. The molecule has 2 aromatic carbocycles. The van der Waals surface area contributed by atoms with Gasteiger partial charge in [-0.1, -0.05) is 15.9 Å². The van der Waals surface area contributed by atoms with Crippen LogP contribution in [0.25, 0.3) is 11.5 Å². The summed E-state index contributed by atoms with van der Waals surface area (Å²) >= 11 is 3.45. The number of halogens is 1. The second-order valence-corrected chi connectivity index (χ2v) is 9.25. The maximum Gasteiger partial charge on any atom is 0.321 e. The summed E-state index contributed by atoms with van der Waals surface area (Å²) in [7, 11) is 1.61. The molecule has 1 saturated heterocycles. The molecule has 9 heteroatoms. The summed E-state index contributed by atoms with van der Waals surface area (Å²) in [6.07, 6.45) is 0. The van der Waals surface area contributed by atoms with Gasteiger partial charge in [0.1, 0.15) is 5.76 Å². The number of nitrogens with zero attached hydrogens (tertiary/aromatic N) is 3. The molecule has 1 aromatic heterocycles. The van der Waals surface area contributed by atoms with Crippen LogP contribution in [-0.4, -0.2) is 59.9 Å². The Bertz CT molecular complexity index is 1180. The Labute approximate surface area is 207 Å². The number of piperazine rings is 1. The number of carbonyl (C=O) groups is 2. The fourth-order valence-corrected chi connectivity index (χ4v) is 4.36. The number of oxazole rings is 1. The third kappa shape index (κ3) is 5.48. The number of hydrogen-bond acceptors (Lipinski definition) is 5. The van der Waals surface area contributed by atoms with Crippen molar-refractivity contribution in [2.45, 2.75) is 20.4 Å². The molecule has 2 heterocycles. The molecule has 0 atom stereocenters. The van der Waals surface area contributed by atoms with E-state index in [1.807, 2.05) is 49.1 Å². The second-order valence-electron chi connectivity index (χ2n) is 8.33. The lowest BCUT2D eigenvalue weighted by molar-refractivity contribution is 0.0963. The van der Waals surface area contributed by atoms with Crippen molar-refractivity contribution in [3.8, 4) is 11.5 Å². The highest BCUT2D eigenvalue weighted by atomic mass is 79.9. The van der Waals surface area contributed by atoms with Crippen LogP contribution in [0.4, 0.5) is 10.5 Å². The van der Waals surface area contributed by atoms with E-state index in [4.69, 9.17) is 4.42 Å². The minimum Gasteiger partial charge on any atom is -0.441 e. The largest absolute Gasteiger partial charge is 0.441 e. The zero-order valence-electron chi connectivity index (χ0n) is 19.5. The number of amides is 3. The van der Waals surface area contributed by atoms with Crippen LogP contribution >= 0.6 is 15.9 Å². The summed E-state index contributed by atoms with van der Waals surface area (Å²) in [5.74, 6) is 1.19. The van der Waals surface area contributed by atoms with Crippen molar-refractivity contribution in [1.29, 1.82) is 0 Å². The van der Waals surface area contributed by atoms with E-state index in [9.17, 15) is 9.59 Å². The zero-order chi connectivity index (χ0) is 24.2. The van der Waals surface area contributed by atoms with Crippen LogP contribution in [0.5, 0.6) is 0 Å². The van der Waals surface area contributed by atoms with Gasteiger partial charge < -0.3 is 20.0 Å². The van der Waals surface area contributed by atoms with E-state index in [0.29, 0.717) is 31.1 Å². The lowest BCUT2D eigenvalue weighted by atomic mass is 10.1. The van der Waals surface area contributed by atoms with Gasteiger partial charge in [0.2, 0.25) is 5.89 Å². The third-order valence-corrected chi connectivity index (χ3v) is 6.47. The first-order valence-corrected chi connectivity index (χ1v) is 12.0. The lowest BCUT2D eigenvalue weighted by Gasteiger charge is -2.34. The average Bonchev–Trinajstić information content (AvgIpc) is 3.20. The minimum absolute atomic E-state index is 0.0785. The topological polar surface area (TPSA) is 90.7 Å². The molecule has 3 aromatic rings. The molecule has 0 saturated carbocycles. The Morgan fingerprint density at radius 3 is 2.41 bits per heavy atom. The normalized spacial score (nSPS) is 14.2. The van der Waals surface area contributed by atoms with Crippen LogP contribution in [0.1, 0.15) is 27.4 Å². The number of anilines is 1. The van der Waals surface area contributed by atoms with Crippen molar-refractivity contribution in [3.63, 3.8) is 0 Å². The molecule has 4 rings (SSSR count). The molecule has 0 radical (unpaired) electrons. The Kier molecular flexibility index (Phi) is 7.33. The van der Waals surface area contributed by atoms with Crippen LogP contribution in [0.15, 0.2) is 51.4 Å². The van der Waals surface area contributed by atoms with E-state index >= 15 is 0 Å². The zero-order valence-corrected chi connectivity index (χ0v) is 21.1. The molecule has 34 heavy (non-hydrogen) atoms. The van der Waals surface area contributed by atoms with Crippen LogP contribution in [-0.2, 0) is 6.54 Å². The van der Waals surface area contributed by atoms with Crippen molar-refractivity contribution in [2.75, 3.05) is 38.5 Å². The number of aryl methyl sites for hydroxylation is 2. The smallest absolute Gasteiger partial charge is 0.321 e. The molecule has 1 aliphatic heterocycles. The Hall–Kier alpha value is -3.17. The maximum atomic E-state index is 12.7. The van der Waals surface area contributed by atoms with E-state index in [-0.39, 0.29) is 11.9 Å². The van der Waals surface area contributed by atoms with Crippen molar-refractivity contribution in [2.24, 2.45) is 0 Å². The van der Waals surface area contributed by atoms with Crippen LogP contribution in [0.3, 0.4) is 0 Å². The van der Waals surface area contributed by atoms with Crippen LogP contribution in [0, 0.1) is 13.8 Å². The van der Waals surface area contributed by atoms with Crippen molar-refractivity contribution >= 4 is 33.6 Å². The van der Waals surface area contributed by atoms with Gasteiger partial charge in [-0.2, -0.15) is 0 Å². The highest BCUT2D eigenvalue weighted by Gasteiger charge is 2.23. The highest BCUT2D eigenvalue weighted by Crippen LogP contribution is 2.24. The molecule has 2 N–H and O–H groups in total. The van der Waals surface area contributed by atoms with E-state index in [1.54, 1.807) is 19.2 Å². The molecule has 0 unspecified atom stereocenters. The summed E-state index contributed by atoms with van der Waals surface area (Å²) in [5.41, 5.74) is 4.14. The molecule has 3 amide bonds. The third-order valence-electron chi connectivity index (χ3n) is 5.98. The van der Waals surface area contributed by atoms with Crippen molar-refractivity contribution < 1.29 is 14.0 Å². The molecular formula is C25H28BrN5O3. The van der Waals surface area contributed by atoms with E-state index in [0.717, 1.165) is 45.8 Å². The molecular weight excluding hydrogens is 498 g/mol. The fraction of sp³-hybridized carbons (Fsp3) is 0.320. The summed E-state index contributed by atoms with van der Waals surface area (Å²) in [4.78, 5) is 33.2. The second kappa shape index (κ2) is 10.4. The molecule has 0 aliphatic carbocycles. The summed E-state index contributed by atoms with van der Waals surface area (Å²) in [6.45, 7) is 7.35. The standard InChI is InChI=1S/C25H28BrN5O3/c1-16-14-20(26)8-9-21(16)29-25(33)31-12-10-30(11-13-31)15-22-17(2)34-24(28-22)19-6-4-18(5-7-19)23(32)27-3/h4-9,14H,10-13,15H2,1-3H3,(H,27,32)(H,29,33). The van der Waals surface area contributed by atoms with Gasteiger partial charge in [-0.05, 0) is 61.9 Å². The van der Waals surface area contributed by atoms with Gasteiger partial charge in [-0.25, -0.2) is 9.78 Å².